The number of carbonyl (C=O) groups excluding carboxylic acids is 1. The first-order valence-corrected chi connectivity index (χ1v) is 7.42. The molecule has 0 aliphatic carbocycles. The number of morpholine rings is 1. The van der Waals surface area contributed by atoms with Crippen LogP contribution in [0.15, 0.2) is 35.3 Å². The van der Waals surface area contributed by atoms with Gasteiger partial charge in [0.25, 0.3) is 11.5 Å². The predicted molar refractivity (Wildman–Crippen MR) is 83.0 cm³/mol. The predicted octanol–water partition coefficient (Wildman–Crippen LogP) is 0.697. The number of rotatable bonds is 2. The summed E-state index contributed by atoms with van der Waals surface area (Å²) in [6.07, 6.45) is 1.54. The van der Waals surface area contributed by atoms with Gasteiger partial charge in [-0.3, -0.25) is 14.6 Å². The number of carbonyl (C=O) groups is 1. The zero-order valence-electron chi connectivity index (χ0n) is 13.1. The number of ether oxygens (including phenoxy) is 1. The minimum atomic E-state index is -0.249. The molecule has 7 heteroatoms. The Bertz CT molecular complexity index is 770. The van der Waals surface area contributed by atoms with Crippen molar-refractivity contribution in [2.45, 2.75) is 13.0 Å². The van der Waals surface area contributed by atoms with Crippen LogP contribution in [0.4, 0.5) is 0 Å². The van der Waals surface area contributed by atoms with Crippen LogP contribution < -0.4 is 5.56 Å². The fraction of sp³-hybridized carbons (Fsp3) is 0.375. The lowest BCUT2D eigenvalue weighted by atomic mass is 10.1. The highest BCUT2D eigenvalue weighted by atomic mass is 16.5. The zero-order chi connectivity index (χ0) is 16.4. The fourth-order valence-corrected chi connectivity index (χ4v) is 2.46. The summed E-state index contributed by atoms with van der Waals surface area (Å²) in [4.78, 5) is 30.0. The molecule has 120 valence electrons. The summed E-state index contributed by atoms with van der Waals surface area (Å²) in [6.45, 7) is 3.32. The van der Waals surface area contributed by atoms with E-state index in [-0.39, 0.29) is 23.3 Å². The molecule has 0 radical (unpaired) electrons. The molecule has 2 aromatic rings. The van der Waals surface area contributed by atoms with E-state index in [9.17, 15) is 9.59 Å². The largest absolute Gasteiger partial charge is 0.368 e. The molecular weight excluding hydrogens is 296 g/mol. The van der Waals surface area contributed by atoms with Crippen LogP contribution in [-0.2, 0) is 11.8 Å². The molecule has 1 unspecified atom stereocenters. The molecule has 0 spiro atoms. The number of aromatic nitrogens is 3. The van der Waals surface area contributed by atoms with E-state index in [1.54, 1.807) is 11.1 Å². The van der Waals surface area contributed by atoms with Gasteiger partial charge < -0.3 is 9.64 Å². The average molecular weight is 314 g/mol. The van der Waals surface area contributed by atoms with Crippen LogP contribution in [0.3, 0.4) is 0 Å². The van der Waals surface area contributed by atoms with Crippen LogP contribution in [0.5, 0.6) is 0 Å². The molecule has 0 N–H and O–H groups in total. The molecule has 0 bridgehead atoms. The average Bonchev–Trinajstić information content (AvgIpc) is 2.57. The number of pyridine rings is 1. The van der Waals surface area contributed by atoms with E-state index >= 15 is 0 Å². The summed E-state index contributed by atoms with van der Waals surface area (Å²) < 4.78 is 6.89. The van der Waals surface area contributed by atoms with Gasteiger partial charge in [0, 0.05) is 25.9 Å². The van der Waals surface area contributed by atoms with Gasteiger partial charge in [-0.2, -0.15) is 5.10 Å². The molecule has 1 aliphatic rings. The molecule has 1 fully saturated rings. The third-order valence-electron chi connectivity index (χ3n) is 3.80. The Balaban J connectivity index is 1.77. The van der Waals surface area contributed by atoms with Crippen LogP contribution in [0.2, 0.25) is 0 Å². The Morgan fingerprint density at radius 1 is 1.30 bits per heavy atom. The number of amides is 1. The van der Waals surface area contributed by atoms with E-state index in [2.05, 4.69) is 10.1 Å². The monoisotopic (exact) mass is 314 g/mol. The topological polar surface area (TPSA) is 77.3 Å². The highest BCUT2D eigenvalue weighted by molar-refractivity contribution is 5.92. The highest BCUT2D eigenvalue weighted by Gasteiger charge is 2.27. The van der Waals surface area contributed by atoms with E-state index < -0.39 is 0 Å². The van der Waals surface area contributed by atoms with Crippen molar-refractivity contribution in [1.29, 1.82) is 0 Å². The van der Waals surface area contributed by atoms with E-state index in [1.165, 1.54) is 19.2 Å². The van der Waals surface area contributed by atoms with Crippen molar-refractivity contribution in [2.24, 2.45) is 7.05 Å². The molecule has 1 amide bonds. The lowest BCUT2D eigenvalue weighted by Gasteiger charge is -2.32. The van der Waals surface area contributed by atoms with Crippen molar-refractivity contribution in [3.8, 4) is 0 Å². The summed E-state index contributed by atoms with van der Waals surface area (Å²) in [7, 11) is 1.53. The first-order chi connectivity index (χ1) is 11.0. The summed E-state index contributed by atoms with van der Waals surface area (Å²) in [5.41, 5.74) is 1.89. The Morgan fingerprint density at radius 3 is 2.83 bits per heavy atom. The molecule has 1 atom stereocenters. The number of hydrogen-bond donors (Lipinski definition) is 0. The number of aryl methyl sites for hydroxylation is 2. The summed E-state index contributed by atoms with van der Waals surface area (Å²) >= 11 is 0. The third kappa shape index (κ3) is 3.29. The van der Waals surface area contributed by atoms with Crippen molar-refractivity contribution in [1.82, 2.24) is 19.7 Å². The number of nitrogens with zero attached hydrogens (tertiary/aromatic N) is 4. The van der Waals surface area contributed by atoms with Crippen molar-refractivity contribution in [3.05, 3.63) is 57.8 Å². The van der Waals surface area contributed by atoms with Crippen LogP contribution in [0.1, 0.15) is 27.8 Å². The molecule has 1 saturated heterocycles. The standard InChI is InChI=1S/C16H18N4O3/c1-11-3-4-12(17-9-11)14-10-20(7-8-23-14)16(22)13-5-6-15(21)19(2)18-13/h3-6,9,14H,7-8,10H2,1-2H3. The molecule has 0 aromatic carbocycles. The van der Waals surface area contributed by atoms with Gasteiger partial charge in [0.1, 0.15) is 11.8 Å². The van der Waals surface area contributed by atoms with Crippen LogP contribution in [0.25, 0.3) is 0 Å². The molecular formula is C16H18N4O3. The molecule has 3 rings (SSSR count). The minimum absolute atomic E-state index is 0.207. The van der Waals surface area contributed by atoms with Gasteiger partial charge in [0.05, 0.1) is 18.8 Å². The maximum atomic E-state index is 12.6. The zero-order valence-corrected chi connectivity index (χ0v) is 13.1. The Kier molecular flexibility index (Phi) is 4.20. The second-order valence-electron chi connectivity index (χ2n) is 5.55. The third-order valence-corrected chi connectivity index (χ3v) is 3.80. The second-order valence-corrected chi connectivity index (χ2v) is 5.55. The molecule has 0 saturated carbocycles. The SMILES string of the molecule is Cc1ccc(C2CN(C(=O)c3ccc(=O)n(C)n3)CCO2)nc1. The maximum absolute atomic E-state index is 12.6. The van der Waals surface area contributed by atoms with E-state index in [1.807, 2.05) is 19.1 Å². The molecule has 23 heavy (non-hydrogen) atoms. The van der Waals surface area contributed by atoms with Crippen molar-refractivity contribution < 1.29 is 9.53 Å². The van der Waals surface area contributed by atoms with Gasteiger partial charge >= 0.3 is 0 Å². The Morgan fingerprint density at radius 2 is 2.13 bits per heavy atom. The molecule has 2 aromatic heterocycles. The lowest BCUT2D eigenvalue weighted by Crippen LogP contribution is -2.43. The molecule has 3 heterocycles. The lowest BCUT2D eigenvalue weighted by molar-refractivity contribution is -0.0250. The van der Waals surface area contributed by atoms with E-state index in [0.717, 1.165) is 15.9 Å². The fourth-order valence-electron chi connectivity index (χ4n) is 2.46. The Labute approximate surface area is 133 Å². The van der Waals surface area contributed by atoms with Crippen LogP contribution in [-0.4, -0.2) is 45.3 Å². The van der Waals surface area contributed by atoms with Crippen molar-refractivity contribution in [3.63, 3.8) is 0 Å². The van der Waals surface area contributed by atoms with Gasteiger partial charge in [-0.05, 0) is 24.6 Å². The molecule has 1 aliphatic heterocycles. The molecule has 7 nitrogen and oxygen atoms in total. The minimum Gasteiger partial charge on any atom is -0.368 e. The summed E-state index contributed by atoms with van der Waals surface area (Å²) in [5.74, 6) is -0.207. The summed E-state index contributed by atoms with van der Waals surface area (Å²) in [6, 6.07) is 6.69. The quantitative estimate of drug-likeness (QED) is 0.815. The summed E-state index contributed by atoms with van der Waals surface area (Å²) in [5, 5.41) is 4.01. The van der Waals surface area contributed by atoms with Crippen LogP contribution >= 0.6 is 0 Å². The maximum Gasteiger partial charge on any atom is 0.274 e. The number of hydrogen-bond acceptors (Lipinski definition) is 5. The van der Waals surface area contributed by atoms with Gasteiger partial charge in [0.15, 0.2) is 0 Å². The van der Waals surface area contributed by atoms with Gasteiger partial charge in [-0.15, -0.1) is 0 Å². The first-order valence-electron chi connectivity index (χ1n) is 7.42. The van der Waals surface area contributed by atoms with Gasteiger partial charge in [-0.25, -0.2) is 4.68 Å². The van der Waals surface area contributed by atoms with E-state index in [0.29, 0.717) is 19.7 Å². The van der Waals surface area contributed by atoms with Crippen molar-refractivity contribution >= 4 is 5.91 Å². The first kappa shape index (κ1) is 15.4. The van der Waals surface area contributed by atoms with Gasteiger partial charge in [0.2, 0.25) is 0 Å². The second kappa shape index (κ2) is 6.29. The smallest absolute Gasteiger partial charge is 0.274 e. The van der Waals surface area contributed by atoms with Crippen molar-refractivity contribution in [2.75, 3.05) is 19.7 Å². The highest BCUT2D eigenvalue weighted by Crippen LogP contribution is 2.21. The Hall–Kier alpha value is -2.54. The normalized spacial score (nSPS) is 18.0. The van der Waals surface area contributed by atoms with Gasteiger partial charge in [-0.1, -0.05) is 6.07 Å². The van der Waals surface area contributed by atoms with Crippen LogP contribution in [0, 0.1) is 6.92 Å². The van der Waals surface area contributed by atoms with E-state index in [4.69, 9.17) is 4.74 Å².